The average molecular weight is 462 g/mol. The van der Waals surface area contributed by atoms with Gasteiger partial charge in [0.1, 0.15) is 5.76 Å². The summed E-state index contributed by atoms with van der Waals surface area (Å²) in [6.45, 7) is 1.29. The van der Waals surface area contributed by atoms with Crippen molar-refractivity contribution in [3.63, 3.8) is 0 Å². The lowest BCUT2D eigenvalue weighted by Crippen LogP contribution is -2.38. The first-order chi connectivity index (χ1) is 15.0. The number of nitrogens with one attached hydrogen (secondary N) is 1. The number of aromatic nitrogens is 1. The highest BCUT2D eigenvalue weighted by molar-refractivity contribution is 6.39. The smallest absolute Gasteiger partial charge is 0.256 e. The van der Waals surface area contributed by atoms with Gasteiger partial charge >= 0.3 is 0 Å². The minimum Gasteiger partial charge on any atom is -0.493 e. The van der Waals surface area contributed by atoms with Crippen LogP contribution in [0.1, 0.15) is 21.7 Å². The first-order valence-corrected chi connectivity index (χ1v) is 10.4. The molecule has 10 heteroatoms. The van der Waals surface area contributed by atoms with Gasteiger partial charge in [0.05, 0.1) is 41.6 Å². The Bertz CT molecular complexity index is 1200. The van der Waals surface area contributed by atoms with Crippen molar-refractivity contribution < 1.29 is 23.5 Å². The number of halogens is 2. The van der Waals surface area contributed by atoms with Crippen LogP contribution in [-0.4, -0.2) is 48.1 Å². The fraction of sp³-hybridized carbons (Fsp3) is 0.286. The summed E-state index contributed by atoms with van der Waals surface area (Å²) in [5.74, 6) is 0.701. The Morgan fingerprint density at radius 3 is 2.68 bits per heavy atom. The van der Waals surface area contributed by atoms with Gasteiger partial charge in [0, 0.05) is 29.9 Å². The normalized spacial score (nSPS) is 17.4. The highest BCUT2D eigenvalue weighted by Crippen LogP contribution is 2.39. The third kappa shape index (κ3) is 3.50. The van der Waals surface area contributed by atoms with E-state index in [1.165, 1.54) is 19.5 Å². The van der Waals surface area contributed by atoms with Gasteiger partial charge in [-0.3, -0.25) is 14.6 Å². The van der Waals surface area contributed by atoms with Crippen molar-refractivity contribution in [3.8, 4) is 5.75 Å². The van der Waals surface area contributed by atoms with E-state index in [0.29, 0.717) is 54.2 Å². The monoisotopic (exact) mass is 461 g/mol. The molecule has 3 aromatic rings. The number of ether oxygens (including phenoxy) is 2. The first kappa shape index (κ1) is 20.1. The van der Waals surface area contributed by atoms with E-state index in [4.69, 9.17) is 37.1 Å². The number of amides is 2. The number of epoxide rings is 1. The van der Waals surface area contributed by atoms with Gasteiger partial charge in [0.25, 0.3) is 11.8 Å². The third-order valence-electron chi connectivity index (χ3n) is 5.43. The molecule has 5 rings (SSSR count). The van der Waals surface area contributed by atoms with Gasteiger partial charge in [-0.05, 0) is 18.6 Å². The van der Waals surface area contributed by atoms with E-state index < -0.39 is 5.91 Å². The van der Waals surface area contributed by atoms with Crippen LogP contribution in [0.15, 0.2) is 28.9 Å². The molecule has 1 atom stereocenters. The molecule has 160 valence electrons. The molecular formula is C21H17Cl2N3O5. The Morgan fingerprint density at radius 2 is 2.00 bits per heavy atom. The quantitative estimate of drug-likeness (QED) is 0.595. The number of furan rings is 1. The van der Waals surface area contributed by atoms with Crippen molar-refractivity contribution in [2.45, 2.75) is 19.1 Å². The predicted molar refractivity (Wildman–Crippen MR) is 114 cm³/mol. The van der Waals surface area contributed by atoms with Crippen molar-refractivity contribution in [1.82, 2.24) is 9.88 Å². The minimum atomic E-state index is -0.392. The molecule has 1 saturated heterocycles. The molecule has 2 aliphatic rings. The molecule has 8 nitrogen and oxygen atoms in total. The Hall–Kier alpha value is -2.81. The van der Waals surface area contributed by atoms with E-state index in [1.54, 1.807) is 17.0 Å². The van der Waals surface area contributed by atoms with Gasteiger partial charge in [-0.2, -0.15) is 0 Å². The number of hydrogen-bond donors (Lipinski definition) is 1. The van der Waals surface area contributed by atoms with Crippen molar-refractivity contribution in [2.24, 2.45) is 0 Å². The van der Waals surface area contributed by atoms with Gasteiger partial charge in [0.15, 0.2) is 17.4 Å². The summed E-state index contributed by atoms with van der Waals surface area (Å²) in [5, 5.41) is 3.89. The summed E-state index contributed by atoms with van der Waals surface area (Å²) in [6, 6.07) is 3.34. The Kier molecular flexibility index (Phi) is 5.00. The van der Waals surface area contributed by atoms with Gasteiger partial charge in [-0.1, -0.05) is 23.2 Å². The molecule has 0 radical (unpaired) electrons. The van der Waals surface area contributed by atoms with E-state index in [0.717, 1.165) is 5.56 Å². The van der Waals surface area contributed by atoms with Crippen LogP contribution in [0.25, 0.3) is 11.0 Å². The number of benzene rings is 1. The first-order valence-electron chi connectivity index (χ1n) is 9.60. The molecule has 0 saturated carbocycles. The lowest BCUT2D eigenvalue weighted by molar-refractivity contribution is -0.133. The van der Waals surface area contributed by atoms with Gasteiger partial charge in [0.2, 0.25) is 0 Å². The third-order valence-corrected chi connectivity index (χ3v) is 6.00. The molecular weight excluding hydrogens is 445 g/mol. The Morgan fingerprint density at radius 1 is 1.26 bits per heavy atom. The van der Waals surface area contributed by atoms with Crippen LogP contribution >= 0.6 is 23.2 Å². The van der Waals surface area contributed by atoms with Crippen molar-refractivity contribution in [2.75, 3.05) is 25.6 Å². The lowest BCUT2D eigenvalue weighted by atomic mass is 9.98. The summed E-state index contributed by atoms with van der Waals surface area (Å²) in [7, 11) is 1.53. The van der Waals surface area contributed by atoms with Crippen LogP contribution < -0.4 is 10.1 Å². The molecule has 2 aliphatic heterocycles. The standard InChI is InChI=1S/C21H17Cl2N3O5/c1-29-14-3-2-11(20(27)25-18-12(22)6-24-7-13(18)23)17-10-4-5-26(21(28)16-9-30-16)8-15(10)31-19(14)17/h2-3,6-7,16H,4-5,8-9H2,1H3,(H,24,25,27). The summed E-state index contributed by atoms with van der Waals surface area (Å²) in [5.41, 5.74) is 2.02. The molecule has 1 N–H and O–H groups in total. The lowest BCUT2D eigenvalue weighted by Gasteiger charge is -2.25. The SMILES string of the molecule is COc1ccc(C(=O)Nc2c(Cl)cncc2Cl)c2c3c(oc12)CN(C(=O)C1CO1)CC3. The molecule has 1 fully saturated rings. The topological polar surface area (TPSA) is 97.2 Å². The van der Waals surface area contributed by atoms with Gasteiger partial charge in [-0.25, -0.2) is 0 Å². The van der Waals surface area contributed by atoms with E-state index in [-0.39, 0.29) is 27.7 Å². The molecule has 0 bridgehead atoms. The summed E-state index contributed by atoms with van der Waals surface area (Å²) >= 11 is 12.3. The van der Waals surface area contributed by atoms with Gasteiger partial charge in [-0.15, -0.1) is 0 Å². The number of anilines is 1. The van der Waals surface area contributed by atoms with Crippen LogP contribution in [-0.2, 0) is 22.5 Å². The van der Waals surface area contributed by atoms with Crippen molar-refractivity contribution in [1.29, 1.82) is 0 Å². The van der Waals surface area contributed by atoms with Crippen LogP contribution in [0.3, 0.4) is 0 Å². The second-order valence-corrected chi connectivity index (χ2v) is 8.10. The number of carbonyl (C=O) groups is 2. The number of carbonyl (C=O) groups excluding carboxylic acids is 2. The number of pyridine rings is 1. The zero-order valence-electron chi connectivity index (χ0n) is 16.4. The maximum Gasteiger partial charge on any atom is 0.256 e. The van der Waals surface area contributed by atoms with Crippen LogP contribution in [0.2, 0.25) is 10.0 Å². The van der Waals surface area contributed by atoms with Crippen molar-refractivity contribution in [3.05, 3.63) is 51.5 Å². The average Bonchev–Trinajstić information content (AvgIpc) is 3.55. The maximum atomic E-state index is 13.2. The molecule has 2 aromatic heterocycles. The molecule has 4 heterocycles. The zero-order valence-corrected chi connectivity index (χ0v) is 17.9. The highest BCUT2D eigenvalue weighted by atomic mass is 35.5. The molecule has 0 spiro atoms. The van der Waals surface area contributed by atoms with Gasteiger partial charge < -0.3 is 24.1 Å². The van der Waals surface area contributed by atoms with E-state index in [1.807, 2.05) is 0 Å². The van der Waals surface area contributed by atoms with Crippen LogP contribution in [0.5, 0.6) is 5.75 Å². The minimum absolute atomic E-state index is 0.0435. The fourth-order valence-corrected chi connectivity index (χ4v) is 4.28. The van der Waals surface area contributed by atoms with E-state index >= 15 is 0 Å². The molecule has 0 aliphatic carbocycles. The second kappa shape index (κ2) is 7.71. The summed E-state index contributed by atoms with van der Waals surface area (Å²) < 4.78 is 16.6. The highest BCUT2D eigenvalue weighted by Gasteiger charge is 2.38. The Labute approximate surface area is 187 Å². The number of fused-ring (bicyclic) bond motifs is 3. The summed E-state index contributed by atoms with van der Waals surface area (Å²) in [6.07, 6.45) is 3.00. The molecule has 2 amide bonds. The number of methoxy groups -OCH3 is 1. The number of rotatable bonds is 4. The largest absolute Gasteiger partial charge is 0.493 e. The predicted octanol–water partition coefficient (Wildman–Crippen LogP) is 3.68. The zero-order chi connectivity index (χ0) is 21.7. The van der Waals surface area contributed by atoms with Crippen LogP contribution in [0, 0.1) is 0 Å². The van der Waals surface area contributed by atoms with Crippen molar-refractivity contribution >= 4 is 51.7 Å². The Balaban J connectivity index is 1.55. The van der Waals surface area contributed by atoms with E-state index in [2.05, 4.69) is 10.3 Å². The molecule has 1 aromatic carbocycles. The second-order valence-electron chi connectivity index (χ2n) is 7.29. The summed E-state index contributed by atoms with van der Waals surface area (Å²) in [4.78, 5) is 31.2. The maximum absolute atomic E-state index is 13.2. The van der Waals surface area contributed by atoms with Crippen LogP contribution in [0.4, 0.5) is 5.69 Å². The van der Waals surface area contributed by atoms with E-state index in [9.17, 15) is 9.59 Å². The fourth-order valence-electron chi connectivity index (χ4n) is 3.82. The molecule has 1 unspecified atom stereocenters. The number of nitrogens with zero attached hydrogens (tertiary/aromatic N) is 2. The molecule has 31 heavy (non-hydrogen) atoms. The number of hydrogen-bond acceptors (Lipinski definition) is 6.